The highest BCUT2D eigenvalue weighted by Crippen LogP contribution is 2.32. The standard InChI is InChI=1S/C13H24N4/c1-4-13(3)6-5-7-16(10-13)8-9-17-11-14-15-12(17)2/h11H,4-10H2,1-3H3/t13-/m1/s1. The number of hydrogen-bond donors (Lipinski definition) is 0. The predicted molar refractivity (Wildman–Crippen MR) is 68.8 cm³/mol. The molecule has 1 atom stereocenters. The van der Waals surface area contributed by atoms with Gasteiger partial charge in [-0.1, -0.05) is 13.8 Å². The summed E-state index contributed by atoms with van der Waals surface area (Å²) < 4.78 is 2.14. The molecule has 2 rings (SSSR count). The second-order valence-corrected chi connectivity index (χ2v) is 5.62. The van der Waals surface area contributed by atoms with Crippen LogP contribution in [0.15, 0.2) is 6.33 Å². The summed E-state index contributed by atoms with van der Waals surface area (Å²) in [7, 11) is 0. The number of aromatic nitrogens is 3. The summed E-state index contributed by atoms with van der Waals surface area (Å²) in [5.41, 5.74) is 0.528. The van der Waals surface area contributed by atoms with E-state index in [0.717, 1.165) is 18.9 Å². The Morgan fingerprint density at radius 1 is 1.41 bits per heavy atom. The summed E-state index contributed by atoms with van der Waals surface area (Å²) in [5, 5.41) is 7.94. The van der Waals surface area contributed by atoms with Crippen LogP contribution in [0.5, 0.6) is 0 Å². The number of rotatable bonds is 4. The van der Waals surface area contributed by atoms with Crippen molar-refractivity contribution in [3.63, 3.8) is 0 Å². The van der Waals surface area contributed by atoms with E-state index in [1.54, 1.807) is 0 Å². The Bertz CT molecular complexity index is 360. The molecule has 1 aromatic rings. The molecule has 4 heteroatoms. The third-order valence-electron chi connectivity index (χ3n) is 4.18. The summed E-state index contributed by atoms with van der Waals surface area (Å²) in [5.74, 6) is 1.01. The molecule has 17 heavy (non-hydrogen) atoms. The highest BCUT2D eigenvalue weighted by Gasteiger charge is 2.28. The van der Waals surface area contributed by atoms with Crippen molar-refractivity contribution in [1.29, 1.82) is 0 Å². The lowest BCUT2D eigenvalue weighted by atomic mass is 9.80. The summed E-state index contributed by atoms with van der Waals surface area (Å²) >= 11 is 0. The van der Waals surface area contributed by atoms with Gasteiger partial charge in [0.2, 0.25) is 0 Å². The normalized spacial score (nSPS) is 26.3. The van der Waals surface area contributed by atoms with E-state index < -0.39 is 0 Å². The van der Waals surface area contributed by atoms with Crippen LogP contribution in [-0.2, 0) is 6.54 Å². The predicted octanol–water partition coefficient (Wildman–Crippen LogP) is 2.10. The van der Waals surface area contributed by atoms with Crippen LogP contribution in [0.25, 0.3) is 0 Å². The molecular formula is C13H24N4. The first kappa shape index (κ1) is 12.6. The van der Waals surface area contributed by atoms with Gasteiger partial charge in [0.25, 0.3) is 0 Å². The van der Waals surface area contributed by atoms with Crippen LogP contribution in [-0.4, -0.2) is 39.3 Å². The van der Waals surface area contributed by atoms with Crippen molar-refractivity contribution in [3.8, 4) is 0 Å². The molecule has 1 aromatic heterocycles. The third kappa shape index (κ3) is 3.06. The third-order valence-corrected chi connectivity index (χ3v) is 4.18. The second-order valence-electron chi connectivity index (χ2n) is 5.62. The molecule has 1 aliphatic rings. The van der Waals surface area contributed by atoms with E-state index >= 15 is 0 Å². The van der Waals surface area contributed by atoms with E-state index in [0.29, 0.717) is 5.41 Å². The van der Waals surface area contributed by atoms with Crippen molar-refractivity contribution in [2.75, 3.05) is 19.6 Å². The highest BCUT2D eigenvalue weighted by molar-refractivity contribution is 4.84. The number of likely N-dealkylation sites (tertiary alicyclic amines) is 1. The number of nitrogens with zero attached hydrogens (tertiary/aromatic N) is 4. The summed E-state index contributed by atoms with van der Waals surface area (Å²) in [6.45, 7) is 11.4. The second kappa shape index (κ2) is 5.17. The van der Waals surface area contributed by atoms with Crippen molar-refractivity contribution >= 4 is 0 Å². The smallest absolute Gasteiger partial charge is 0.129 e. The minimum atomic E-state index is 0.528. The van der Waals surface area contributed by atoms with E-state index in [4.69, 9.17) is 0 Å². The van der Waals surface area contributed by atoms with Gasteiger partial charge in [-0.15, -0.1) is 10.2 Å². The van der Waals surface area contributed by atoms with Gasteiger partial charge in [0.05, 0.1) is 0 Å². The number of piperidine rings is 1. The lowest BCUT2D eigenvalue weighted by Gasteiger charge is -2.40. The zero-order valence-electron chi connectivity index (χ0n) is 11.3. The SMILES string of the molecule is CC[C@]1(C)CCCN(CCn2cnnc2C)C1. The molecule has 1 fully saturated rings. The van der Waals surface area contributed by atoms with Gasteiger partial charge < -0.3 is 9.47 Å². The van der Waals surface area contributed by atoms with Crippen molar-refractivity contribution in [2.45, 2.75) is 46.6 Å². The van der Waals surface area contributed by atoms with Gasteiger partial charge >= 0.3 is 0 Å². The number of aryl methyl sites for hydroxylation is 1. The van der Waals surface area contributed by atoms with Gasteiger partial charge in [-0.2, -0.15) is 0 Å². The Morgan fingerprint density at radius 3 is 2.88 bits per heavy atom. The molecule has 0 unspecified atom stereocenters. The molecule has 0 spiro atoms. The molecule has 0 saturated carbocycles. The number of hydrogen-bond acceptors (Lipinski definition) is 3. The van der Waals surface area contributed by atoms with Crippen LogP contribution >= 0.6 is 0 Å². The maximum Gasteiger partial charge on any atom is 0.129 e. The first-order valence-electron chi connectivity index (χ1n) is 6.70. The average molecular weight is 236 g/mol. The quantitative estimate of drug-likeness (QED) is 0.803. The zero-order chi connectivity index (χ0) is 12.3. The average Bonchev–Trinajstić information content (AvgIpc) is 2.73. The fourth-order valence-electron chi connectivity index (χ4n) is 2.69. The maximum absolute atomic E-state index is 4.02. The molecule has 0 radical (unpaired) electrons. The van der Waals surface area contributed by atoms with Crippen LogP contribution in [0, 0.1) is 12.3 Å². The monoisotopic (exact) mass is 236 g/mol. The summed E-state index contributed by atoms with van der Waals surface area (Å²) in [4.78, 5) is 2.59. The van der Waals surface area contributed by atoms with Gasteiger partial charge in [-0.3, -0.25) is 0 Å². The molecule has 0 aliphatic carbocycles. The lowest BCUT2D eigenvalue weighted by molar-refractivity contribution is 0.0962. The molecule has 4 nitrogen and oxygen atoms in total. The molecule has 0 amide bonds. The minimum absolute atomic E-state index is 0.528. The Morgan fingerprint density at radius 2 is 2.24 bits per heavy atom. The van der Waals surface area contributed by atoms with Gasteiger partial charge in [0, 0.05) is 19.6 Å². The first-order chi connectivity index (χ1) is 8.13. The van der Waals surface area contributed by atoms with Crippen molar-refractivity contribution in [1.82, 2.24) is 19.7 Å². The lowest BCUT2D eigenvalue weighted by Crippen LogP contribution is -2.42. The van der Waals surface area contributed by atoms with Crippen molar-refractivity contribution < 1.29 is 0 Å². The fraction of sp³-hybridized carbons (Fsp3) is 0.846. The van der Waals surface area contributed by atoms with E-state index in [2.05, 4.69) is 33.5 Å². The molecular weight excluding hydrogens is 212 g/mol. The van der Waals surface area contributed by atoms with Gasteiger partial charge in [0.1, 0.15) is 12.2 Å². The van der Waals surface area contributed by atoms with E-state index in [1.165, 1.54) is 32.4 Å². The summed E-state index contributed by atoms with van der Waals surface area (Å²) in [6, 6.07) is 0. The van der Waals surface area contributed by atoms with Gasteiger partial charge in [-0.25, -0.2) is 0 Å². The van der Waals surface area contributed by atoms with Crippen LogP contribution < -0.4 is 0 Å². The van der Waals surface area contributed by atoms with E-state index in [9.17, 15) is 0 Å². The van der Waals surface area contributed by atoms with E-state index in [-0.39, 0.29) is 0 Å². The molecule has 96 valence electrons. The first-order valence-corrected chi connectivity index (χ1v) is 6.70. The maximum atomic E-state index is 4.02. The topological polar surface area (TPSA) is 34.0 Å². The fourth-order valence-corrected chi connectivity index (χ4v) is 2.69. The van der Waals surface area contributed by atoms with Crippen LogP contribution in [0.4, 0.5) is 0 Å². The minimum Gasteiger partial charge on any atom is -0.317 e. The largest absolute Gasteiger partial charge is 0.317 e. The molecule has 0 aromatic carbocycles. The molecule has 2 heterocycles. The van der Waals surface area contributed by atoms with Crippen molar-refractivity contribution in [2.24, 2.45) is 5.41 Å². The Hall–Kier alpha value is -0.900. The Balaban J connectivity index is 1.85. The molecule has 1 saturated heterocycles. The van der Waals surface area contributed by atoms with E-state index in [1.807, 2.05) is 13.3 Å². The van der Waals surface area contributed by atoms with Crippen LogP contribution in [0.2, 0.25) is 0 Å². The highest BCUT2D eigenvalue weighted by atomic mass is 15.3. The molecule has 0 N–H and O–H groups in total. The Kier molecular flexibility index (Phi) is 3.82. The molecule has 0 bridgehead atoms. The summed E-state index contributed by atoms with van der Waals surface area (Å²) in [6.07, 6.45) is 5.84. The zero-order valence-corrected chi connectivity index (χ0v) is 11.3. The van der Waals surface area contributed by atoms with Crippen LogP contribution in [0.3, 0.4) is 0 Å². The van der Waals surface area contributed by atoms with Gasteiger partial charge in [-0.05, 0) is 38.1 Å². The van der Waals surface area contributed by atoms with Crippen molar-refractivity contribution in [3.05, 3.63) is 12.2 Å². The Labute approximate surface area is 104 Å². The van der Waals surface area contributed by atoms with Gasteiger partial charge in [0.15, 0.2) is 0 Å². The molecule has 1 aliphatic heterocycles. The van der Waals surface area contributed by atoms with Crippen LogP contribution in [0.1, 0.15) is 38.9 Å².